The summed E-state index contributed by atoms with van der Waals surface area (Å²) in [5.74, 6) is 0. The minimum absolute atomic E-state index is 0.178. The Morgan fingerprint density at radius 2 is 0.673 bits per heavy atom. The van der Waals surface area contributed by atoms with Crippen LogP contribution in [0.5, 0.6) is 0 Å². The van der Waals surface area contributed by atoms with E-state index in [0.29, 0.717) is 0 Å². The van der Waals surface area contributed by atoms with E-state index in [1.807, 2.05) is 0 Å². The third-order valence-corrected chi connectivity index (χ3v) is 13.9. The van der Waals surface area contributed by atoms with Gasteiger partial charge in [-0.25, -0.2) is 0 Å². The number of hydrogen-bond donors (Lipinski definition) is 0. The quantitative estimate of drug-likeness (QED) is 0.124. The number of aryl methyl sites for hydroxylation is 2. The predicted octanol–water partition coefficient (Wildman–Crippen LogP) is 14.9. The Morgan fingerprint density at radius 3 is 1.11 bits per heavy atom. The van der Waals surface area contributed by atoms with E-state index >= 15 is 0 Å². The van der Waals surface area contributed by atoms with Crippen LogP contribution in [0, 0.1) is 13.8 Å². The third kappa shape index (κ3) is 5.05. The summed E-state index contributed by atoms with van der Waals surface area (Å²) in [7, 11) is 0. The van der Waals surface area contributed by atoms with Gasteiger partial charge in [-0.05, 0) is 0 Å². The Balaban J connectivity index is 1.17. The van der Waals surface area contributed by atoms with Gasteiger partial charge in [-0.1, -0.05) is 0 Å². The van der Waals surface area contributed by atoms with E-state index in [1.165, 1.54) is 118 Å². The van der Waals surface area contributed by atoms with Gasteiger partial charge in [0.05, 0.1) is 0 Å². The molecule has 1 heterocycles. The minimum atomic E-state index is 0.178. The Hall–Kier alpha value is -6.24. The van der Waals surface area contributed by atoms with E-state index in [2.05, 4.69) is 196 Å². The van der Waals surface area contributed by atoms with E-state index < -0.39 is 0 Å². The van der Waals surface area contributed by atoms with Crippen LogP contribution in [0.3, 0.4) is 0 Å². The molecule has 1 aromatic heterocycles. The standard InChI is InChI=1S/C54H36Se/c1-33-22-26-35(27-23-33)50-38-12-3-5-14-40(38)52(41-15-6-4-13-39(41)50)37-30-31-46-49(32-37)55-48-21-11-20-47(54(46)48)53-44-18-9-7-16-42(44)51(36-28-24-34(2)25-29-36)43-17-8-10-19-45(43)53/h3-32H,1-2H3. The molecule has 0 atom stereocenters. The van der Waals surface area contributed by atoms with Crippen LogP contribution in [-0.4, -0.2) is 14.5 Å². The normalized spacial score (nSPS) is 11.8. The number of benzene rings is 10. The van der Waals surface area contributed by atoms with Crippen LogP contribution in [0.25, 0.3) is 107 Å². The second kappa shape index (κ2) is 12.7. The summed E-state index contributed by atoms with van der Waals surface area (Å²) in [6, 6.07) is 68.4. The fourth-order valence-corrected chi connectivity index (χ4v) is 11.6. The molecule has 11 rings (SSSR count). The molecule has 0 saturated carbocycles. The van der Waals surface area contributed by atoms with Crippen LogP contribution in [-0.2, 0) is 0 Å². The van der Waals surface area contributed by atoms with Crippen LogP contribution in [0.2, 0.25) is 0 Å². The maximum absolute atomic E-state index is 2.51. The second-order valence-electron chi connectivity index (χ2n) is 14.9. The molecular weight excluding hydrogens is 728 g/mol. The molecule has 0 unspecified atom stereocenters. The molecule has 0 radical (unpaired) electrons. The molecule has 0 spiro atoms. The van der Waals surface area contributed by atoms with E-state index in [9.17, 15) is 0 Å². The SMILES string of the molecule is Cc1ccc(-c2c3ccccc3c(-c3ccc4c(c3)[se]c3cccc(-c5c6ccccc6c(-c6ccc(C)cc6)c6ccccc56)c34)c3ccccc23)cc1. The Labute approximate surface area is 326 Å². The second-order valence-corrected chi connectivity index (χ2v) is 17.2. The molecule has 0 aliphatic heterocycles. The first kappa shape index (κ1) is 32.2. The van der Waals surface area contributed by atoms with Gasteiger partial charge in [-0.3, -0.25) is 0 Å². The number of rotatable bonds is 4. The summed E-state index contributed by atoms with van der Waals surface area (Å²) >= 11 is 0.178. The first-order chi connectivity index (χ1) is 27.1. The zero-order valence-corrected chi connectivity index (χ0v) is 32.4. The Kier molecular flexibility index (Phi) is 7.42. The zero-order chi connectivity index (χ0) is 36.6. The summed E-state index contributed by atoms with van der Waals surface area (Å²) in [5, 5.41) is 13.1. The average Bonchev–Trinajstić information content (AvgIpc) is 3.61. The molecular formula is C54H36Se. The van der Waals surface area contributed by atoms with Gasteiger partial charge in [0.25, 0.3) is 0 Å². The molecule has 1 heteroatoms. The van der Waals surface area contributed by atoms with Gasteiger partial charge in [0.1, 0.15) is 0 Å². The molecule has 11 aromatic rings. The van der Waals surface area contributed by atoms with Crippen molar-refractivity contribution in [3.05, 3.63) is 193 Å². The van der Waals surface area contributed by atoms with Gasteiger partial charge < -0.3 is 0 Å². The molecule has 0 saturated heterocycles. The molecule has 258 valence electrons. The first-order valence-corrected chi connectivity index (χ1v) is 20.8. The van der Waals surface area contributed by atoms with Crippen LogP contribution in [0.1, 0.15) is 11.1 Å². The summed E-state index contributed by atoms with van der Waals surface area (Å²) in [4.78, 5) is 0. The molecule has 0 aliphatic rings. The topological polar surface area (TPSA) is 0 Å². The van der Waals surface area contributed by atoms with Crippen LogP contribution in [0.4, 0.5) is 0 Å². The van der Waals surface area contributed by atoms with E-state index in [4.69, 9.17) is 0 Å². The molecule has 0 bridgehead atoms. The van der Waals surface area contributed by atoms with Crippen molar-refractivity contribution in [1.29, 1.82) is 0 Å². The van der Waals surface area contributed by atoms with E-state index in [1.54, 1.807) is 0 Å². The molecule has 0 aliphatic carbocycles. The first-order valence-electron chi connectivity index (χ1n) is 19.1. The molecule has 0 N–H and O–H groups in total. The van der Waals surface area contributed by atoms with Crippen LogP contribution >= 0.6 is 0 Å². The van der Waals surface area contributed by atoms with Crippen molar-refractivity contribution in [3.63, 3.8) is 0 Å². The van der Waals surface area contributed by atoms with Crippen molar-refractivity contribution >= 4 is 76.9 Å². The van der Waals surface area contributed by atoms with E-state index in [-0.39, 0.29) is 14.5 Å². The fraction of sp³-hybridized carbons (Fsp3) is 0.0370. The summed E-state index contributed by atoms with van der Waals surface area (Å²) in [6.45, 7) is 4.32. The monoisotopic (exact) mass is 764 g/mol. The van der Waals surface area contributed by atoms with Gasteiger partial charge in [0, 0.05) is 0 Å². The van der Waals surface area contributed by atoms with Gasteiger partial charge in [0.15, 0.2) is 0 Å². The molecule has 0 nitrogen and oxygen atoms in total. The third-order valence-electron chi connectivity index (χ3n) is 11.6. The Bertz CT molecular complexity index is 3190. The summed E-state index contributed by atoms with van der Waals surface area (Å²) < 4.78 is 2.91. The van der Waals surface area contributed by atoms with Gasteiger partial charge >= 0.3 is 328 Å². The van der Waals surface area contributed by atoms with Crippen molar-refractivity contribution in [2.45, 2.75) is 13.8 Å². The molecule has 55 heavy (non-hydrogen) atoms. The van der Waals surface area contributed by atoms with Crippen molar-refractivity contribution in [2.24, 2.45) is 0 Å². The average molecular weight is 764 g/mol. The van der Waals surface area contributed by atoms with Crippen molar-refractivity contribution < 1.29 is 0 Å². The molecule has 0 fully saturated rings. The van der Waals surface area contributed by atoms with Gasteiger partial charge in [-0.2, -0.15) is 0 Å². The van der Waals surface area contributed by atoms with Gasteiger partial charge in [0.2, 0.25) is 0 Å². The molecule has 0 amide bonds. The van der Waals surface area contributed by atoms with Crippen molar-refractivity contribution in [3.8, 4) is 44.5 Å². The van der Waals surface area contributed by atoms with Crippen LogP contribution in [0.15, 0.2) is 182 Å². The molecule has 10 aromatic carbocycles. The zero-order valence-electron chi connectivity index (χ0n) is 30.7. The van der Waals surface area contributed by atoms with Crippen LogP contribution < -0.4 is 0 Å². The fourth-order valence-electron chi connectivity index (χ4n) is 9.11. The Morgan fingerprint density at radius 1 is 0.291 bits per heavy atom. The summed E-state index contributed by atoms with van der Waals surface area (Å²) in [6.07, 6.45) is 0. The van der Waals surface area contributed by atoms with Crippen molar-refractivity contribution in [2.75, 3.05) is 0 Å². The predicted molar refractivity (Wildman–Crippen MR) is 240 cm³/mol. The van der Waals surface area contributed by atoms with Crippen molar-refractivity contribution in [1.82, 2.24) is 0 Å². The summed E-state index contributed by atoms with van der Waals surface area (Å²) in [5.41, 5.74) is 13.0. The maximum atomic E-state index is 2.51. The van der Waals surface area contributed by atoms with Gasteiger partial charge in [-0.15, -0.1) is 0 Å². The number of hydrogen-bond acceptors (Lipinski definition) is 0. The number of fused-ring (bicyclic) bond motifs is 7. The van der Waals surface area contributed by atoms with E-state index in [0.717, 1.165) is 0 Å².